The van der Waals surface area contributed by atoms with Crippen LogP contribution in [0.3, 0.4) is 0 Å². The lowest BCUT2D eigenvalue weighted by Crippen LogP contribution is -2.52. The van der Waals surface area contributed by atoms with Gasteiger partial charge < -0.3 is 15.0 Å². The minimum atomic E-state index is -3.79. The molecule has 2 aliphatic heterocycles. The van der Waals surface area contributed by atoms with Crippen LogP contribution in [0.1, 0.15) is 58.1 Å². The number of hydrogen-bond donors (Lipinski definition) is 1. The molecule has 0 spiro atoms. The summed E-state index contributed by atoms with van der Waals surface area (Å²) in [6.07, 6.45) is 2.02. The van der Waals surface area contributed by atoms with Gasteiger partial charge in [-0.15, -0.1) is 0 Å². The number of piperidine rings is 2. The molecule has 2 aliphatic rings. The van der Waals surface area contributed by atoms with E-state index in [9.17, 15) is 18.0 Å². The largest absolute Gasteiger partial charge is 0.444 e. The Balaban J connectivity index is 1.44. The van der Waals surface area contributed by atoms with E-state index in [1.807, 2.05) is 56.0 Å². The van der Waals surface area contributed by atoms with Crippen molar-refractivity contribution in [3.8, 4) is 0 Å². The summed E-state index contributed by atoms with van der Waals surface area (Å²) in [4.78, 5) is 27.7. The molecular formula is C28H37N3O5S. The summed E-state index contributed by atoms with van der Waals surface area (Å²) in [6, 6.07) is 17.7. The number of ether oxygens (including phenoxy) is 1. The summed E-state index contributed by atoms with van der Waals surface area (Å²) in [5.74, 6) is -0.427. The summed E-state index contributed by atoms with van der Waals surface area (Å²) >= 11 is 0. The highest BCUT2D eigenvalue weighted by Gasteiger charge is 2.41. The quantitative estimate of drug-likeness (QED) is 0.624. The van der Waals surface area contributed by atoms with E-state index in [0.29, 0.717) is 38.8 Å². The normalized spacial score (nSPS) is 21.9. The predicted octanol–water partition coefficient (Wildman–Crippen LogP) is 4.34. The molecule has 2 amide bonds. The van der Waals surface area contributed by atoms with Crippen molar-refractivity contribution in [2.45, 2.75) is 69.0 Å². The average molecular weight is 528 g/mol. The van der Waals surface area contributed by atoms with Crippen LogP contribution in [0, 0.1) is 5.92 Å². The number of amides is 2. The first-order valence-corrected chi connectivity index (χ1v) is 14.4. The van der Waals surface area contributed by atoms with Gasteiger partial charge in [-0.2, -0.15) is 4.31 Å². The number of alkyl carbamates (subject to hydrolysis) is 1. The molecule has 2 atom stereocenters. The molecule has 0 aromatic heterocycles. The van der Waals surface area contributed by atoms with Crippen molar-refractivity contribution < 1.29 is 22.7 Å². The third-order valence-electron chi connectivity index (χ3n) is 6.95. The van der Waals surface area contributed by atoms with Gasteiger partial charge in [0.25, 0.3) is 0 Å². The van der Waals surface area contributed by atoms with E-state index < -0.39 is 27.6 Å². The van der Waals surface area contributed by atoms with Crippen LogP contribution in [0.4, 0.5) is 4.79 Å². The molecule has 2 heterocycles. The number of carbonyl (C=O) groups excluding carboxylic acids is 2. The van der Waals surface area contributed by atoms with Crippen LogP contribution >= 0.6 is 0 Å². The fourth-order valence-electron chi connectivity index (χ4n) is 5.12. The van der Waals surface area contributed by atoms with Crippen LogP contribution in [-0.2, 0) is 19.6 Å². The predicted molar refractivity (Wildman–Crippen MR) is 141 cm³/mol. The number of carbonyl (C=O) groups is 2. The number of nitrogens with zero attached hydrogens (tertiary/aromatic N) is 2. The molecule has 1 N–H and O–H groups in total. The van der Waals surface area contributed by atoms with E-state index in [2.05, 4.69) is 5.32 Å². The second kappa shape index (κ2) is 11.2. The van der Waals surface area contributed by atoms with Gasteiger partial charge in [-0.3, -0.25) is 4.79 Å². The van der Waals surface area contributed by atoms with E-state index >= 15 is 0 Å². The summed E-state index contributed by atoms with van der Waals surface area (Å²) < 4.78 is 34.3. The van der Waals surface area contributed by atoms with E-state index in [1.54, 1.807) is 30.3 Å². The van der Waals surface area contributed by atoms with Crippen molar-refractivity contribution in [2.24, 2.45) is 5.92 Å². The number of benzene rings is 2. The lowest BCUT2D eigenvalue weighted by Gasteiger charge is -2.41. The Morgan fingerprint density at radius 1 is 0.892 bits per heavy atom. The second-order valence-corrected chi connectivity index (χ2v) is 12.7. The van der Waals surface area contributed by atoms with E-state index in [-0.39, 0.29) is 29.4 Å². The minimum absolute atomic E-state index is 0.0181. The molecule has 37 heavy (non-hydrogen) atoms. The lowest BCUT2D eigenvalue weighted by molar-refractivity contribution is -0.138. The summed E-state index contributed by atoms with van der Waals surface area (Å²) in [5, 5.41) is 2.90. The zero-order chi connectivity index (χ0) is 26.6. The van der Waals surface area contributed by atoms with Crippen molar-refractivity contribution in [1.82, 2.24) is 14.5 Å². The number of nitrogens with one attached hydrogen (secondary N) is 1. The SMILES string of the molecule is CC(C)(C)OC(=O)NC1CCN(C(=O)C2CCC(c3ccccc3)N(S(=O)(=O)c3ccccc3)C2)CC1. The Bertz CT molecular complexity index is 1170. The summed E-state index contributed by atoms with van der Waals surface area (Å²) in [7, 11) is -3.79. The Labute approximate surface area is 220 Å². The third-order valence-corrected chi connectivity index (χ3v) is 8.84. The third kappa shape index (κ3) is 6.70. The zero-order valence-corrected chi connectivity index (χ0v) is 22.6. The fraction of sp³-hybridized carbons (Fsp3) is 0.500. The van der Waals surface area contributed by atoms with Gasteiger partial charge in [-0.1, -0.05) is 48.5 Å². The smallest absolute Gasteiger partial charge is 0.407 e. The van der Waals surface area contributed by atoms with Crippen LogP contribution in [0.25, 0.3) is 0 Å². The van der Waals surface area contributed by atoms with Crippen LogP contribution in [0.2, 0.25) is 0 Å². The number of hydrogen-bond acceptors (Lipinski definition) is 5. The molecule has 0 saturated carbocycles. The monoisotopic (exact) mass is 527 g/mol. The van der Waals surface area contributed by atoms with Gasteiger partial charge in [-0.05, 0) is 64.2 Å². The van der Waals surface area contributed by atoms with Crippen molar-refractivity contribution in [3.05, 3.63) is 66.2 Å². The van der Waals surface area contributed by atoms with Gasteiger partial charge in [0, 0.05) is 25.7 Å². The topological polar surface area (TPSA) is 96.0 Å². The van der Waals surface area contributed by atoms with Gasteiger partial charge in [0.15, 0.2) is 0 Å². The molecule has 0 radical (unpaired) electrons. The molecule has 2 aromatic carbocycles. The van der Waals surface area contributed by atoms with Crippen LogP contribution in [-0.4, -0.2) is 60.9 Å². The second-order valence-electron chi connectivity index (χ2n) is 10.8. The molecule has 0 bridgehead atoms. The molecular weight excluding hydrogens is 490 g/mol. The molecule has 2 aromatic rings. The van der Waals surface area contributed by atoms with Crippen molar-refractivity contribution in [2.75, 3.05) is 19.6 Å². The van der Waals surface area contributed by atoms with E-state index in [0.717, 1.165) is 5.56 Å². The van der Waals surface area contributed by atoms with Gasteiger partial charge in [0.1, 0.15) is 5.60 Å². The van der Waals surface area contributed by atoms with E-state index in [4.69, 9.17) is 4.74 Å². The molecule has 4 rings (SSSR count). The van der Waals surface area contributed by atoms with Gasteiger partial charge in [0.2, 0.25) is 15.9 Å². The number of likely N-dealkylation sites (tertiary alicyclic amines) is 1. The van der Waals surface area contributed by atoms with Crippen molar-refractivity contribution in [1.29, 1.82) is 0 Å². The first-order valence-electron chi connectivity index (χ1n) is 12.9. The highest BCUT2D eigenvalue weighted by Crippen LogP contribution is 2.38. The number of rotatable bonds is 5. The first kappa shape index (κ1) is 27.1. The van der Waals surface area contributed by atoms with Crippen LogP contribution < -0.4 is 5.32 Å². The molecule has 2 unspecified atom stereocenters. The molecule has 200 valence electrons. The maximum absolute atomic E-state index is 13.7. The molecule has 9 heteroatoms. The van der Waals surface area contributed by atoms with Gasteiger partial charge >= 0.3 is 6.09 Å². The average Bonchev–Trinajstić information content (AvgIpc) is 2.88. The Kier molecular flexibility index (Phi) is 8.23. The first-order chi connectivity index (χ1) is 17.5. The Hall–Kier alpha value is -2.91. The molecule has 2 fully saturated rings. The van der Waals surface area contributed by atoms with Crippen LogP contribution in [0.5, 0.6) is 0 Å². The number of sulfonamides is 1. The van der Waals surface area contributed by atoms with E-state index in [1.165, 1.54) is 4.31 Å². The van der Waals surface area contributed by atoms with Crippen molar-refractivity contribution >= 4 is 22.0 Å². The van der Waals surface area contributed by atoms with Crippen molar-refractivity contribution in [3.63, 3.8) is 0 Å². The fourth-order valence-corrected chi connectivity index (χ4v) is 6.83. The maximum atomic E-state index is 13.7. The lowest BCUT2D eigenvalue weighted by atomic mass is 9.89. The Morgan fingerprint density at radius 2 is 1.49 bits per heavy atom. The van der Waals surface area contributed by atoms with Gasteiger partial charge in [-0.25, -0.2) is 13.2 Å². The highest BCUT2D eigenvalue weighted by molar-refractivity contribution is 7.89. The van der Waals surface area contributed by atoms with Crippen LogP contribution in [0.15, 0.2) is 65.6 Å². The highest BCUT2D eigenvalue weighted by atomic mass is 32.2. The standard InChI is InChI=1S/C28H37N3O5S/c1-28(2,3)36-27(33)29-23-16-18-30(19-17-23)26(32)22-14-15-25(21-10-6-4-7-11-21)31(20-22)37(34,35)24-12-8-5-9-13-24/h4-13,22-23,25H,14-20H2,1-3H3,(H,29,33). The Morgan fingerprint density at radius 3 is 2.08 bits per heavy atom. The maximum Gasteiger partial charge on any atom is 0.407 e. The zero-order valence-electron chi connectivity index (χ0n) is 21.8. The molecule has 2 saturated heterocycles. The summed E-state index contributed by atoms with van der Waals surface area (Å²) in [6.45, 7) is 6.64. The van der Waals surface area contributed by atoms with Gasteiger partial charge in [0.05, 0.1) is 16.9 Å². The molecule has 8 nitrogen and oxygen atoms in total. The minimum Gasteiger partial charge on any atom is -0.444 e. The summed E-state index contributed by atoms with van der Waals surface area (Å²) in [5.41, 5.74) is 0.368. The molecule has 0 aliphatic carbocycles.